The number of aliphatic hydroxyl groups excluding tert-OH is 1. The minimum atomic E-state index is -0.165. The molecular weight excluding hydrogens is 142 g/mol. The fourth-order valence-corrected chi connectivity index (χ4v) is 0.477. The standard InChI is InChI=1S/C8H11NO2/c1-3-7(5-10)9-8(4-2)6-11/h3-5,11H,1,6H2,2H3/b8-4-,9-7+. The van der Waals surface area contributed by atoms with Crippen molar-refractivity contribution in [1.82, 2.24) is 0 Å². The van der Waals surface area contributed by atoms with Crippen molar-refractivity contribution < 1.29 is 9.90 Å². The van der Waals surface area contributed by atoms with E-state index in [1.165, 1.54) is 6.08 Å². The maximum Gasteiger partial charge on any atom is 0.168 e. The van der Waals surface area contributed by atoms with Crippen LogP contribution in [0.4, 0.5) is 0 Å². The summed E-state index contributed by atoms with van der Waals surface area (Å²) >= 11 is 0. The molecule has 0 rings (SSSR count). The molecule has 0 fully saturated rings. The fraction of sp³-hybridized carbons (Fsp3) is 0.250. The van der Waals surface area contributed by atoms with Crippen LogP contribution in [0, 0.1) is 0 Å². The second-order valence-electron chi connectivity index (χ2n) is 1.80. The molecule has 0 aromatic carbocycles. The number of aldehydes is 1. The molecule has 0 saturated carbocycles. The molecule has 3 nitrogen and oxygen atoms in total. The molecule has 0 radical (unpaired) electrons. The van der Waals surface area contributed by atoms with E-state index in [0.29, 0.717) is 12.0 Å². The van der Waals surface area contributed by atoms with Gasteiger partial charge in [-0.1, -0.05) is 12.7 Å². The van der Waals surface area contributed by atoms with Gasteiger partial charge in [0.2, 0.25) is 0 Å². The summed E-state index contributed by atoms with van der Waals surface area (Å²) in [5.74, 6) is 0. The maximum absolute atomic E-state index is 10.2. The van der Waals surface area contributed by atoms with Crippen molar-refractivity contribution in [2.75, 3.05) is 6.61 Å². The summed E-state index contributed by atoms with van der Waals surface area (Å²) in [5.41, 5.74) is 0.694. The quantitative estimate of drug-likeness (QED) is 0.477. The van der Waals surface area contributed by atoms with Gasteiger partial charge in [0.25, 0.3) is 0 Å². The van der Waals surface area contributed by atoms with E-state index in [2.05, 4.69) is 11.6 Å². The SMILES string of the molecule is C=C/C(C=O)=N\C(=C/C)CO. The van der Waals surface area contributed by atoms with Crippen LogP contribution in [-0.4, -0.2) is 23.7 Å². The number of allylic oxidation sites excluding steroid dienone is 2. The summed E-state index contributed by atoms with van der Waals surface area (Å²) in [6.45, 7) is 4.95. The van der Waals surface area contributed by atoms with E-state index in [9.17, 15) is 4.79 Å². The van der Waals surface area contributed by atoms with Gasteiger partial charge < -0.3 is 5.11 Å². The van der Waals surface area contributed by atoms with Gasteiger partial charge in [-0.25, -0.2) is 4.99 Å². The van der Waals surface area contributed by atoms with Gasteiger partial charge >= 0.3 is 0 Å². The molecular formula is C8H11NO2. The molecule has 0 atom stereocenters. The van der Waals surface area contributed by atoms with Crippen molar-refractivity contribution in [2.24, 2.45) is 4.99 Å². The Kier molecular flexibility index (Phi) is 4.94. The van der Waals surface area contributed by atoms with Crippen LogP contribution in [0.15, 0.2) is 29.4 Å². The van der Waals surface area contributed by atoms with E-state index in [1.807, 2.05) is 0 Å². The van der Waals surface area contributed by atoms with Gasteiger partial charge in [-0.2, -0.15) is 0 Å². The van der Waals surface area contributed by atoms with Gasteiger partial charge in [0.05, 0.1) is 12.3 Å². The average Bonchev–Trinajstić information content (AvgIpc) is 2.07. The van der Waals surface area contributed by atoms with E-state index in [4.69, 9.17) is 5.11 Å². The summed E-state index contributed by atoms with van der Waals surface area (Å²) in [5, 5.41) is 8.64. The van der Waals surface area contributed by atoms with Crippen LogP contribution in [0.25, 0.3) is 0 Å². The third-order valence-corrected chi connectivity index (χ3v) is 1.10. The first-order valence-corrected chi connectivity index (χ1v) is 3.20. The van der Waals surface area contributed by atoms with Gasteiger partial charge in [-0.05, 0) is 13.0 Å². The lowest BCUT2D eigenvalue weighted by Gasteiger charge is -1.94. The molecule has 0 amide bonds. The summed E-state index contributed by atoms with van der Waals surface area (Å²) in [4.78, 5) is 14.0. The first kappa shape index (κ1) is 9.78. The highest BCUT2D eigenvalue weighted by Gasteiger charge is 1.92. The van der Waals surface area contributed by atoms with Gasteiger partial charge in [-0.15, -0.1) is 0 Å². The van der Waals surface area contributed by atoms with E-state index in [-0.39, 0.29) is 12.3 Å². The van der Waals surface area contributed by atoms with Crippen LogP contribution in [0.1, 0.15) is 6.92 Å². The van der Waals surface area contributed by atoms with Crippen molar-refractivity contribution in [3.63, 3.8) is 0 Å². The highest BCUT2D eigenvalue weighted by molar-refractivity contribution is 6.33. The van der Waals surface area contributed by atoms with E-state index in [1.54, 1.807) is 13.0 Å². The highest BCUT2D eigenvalue weighted by Crippen LogP contribution is 1.94. The van der Waals surface area contributed by atoms with E-state index in [0.717, 1.165) is 0 Å². The maximum atomic E-state index is 10.2. The molecule has 0 aliphatic rings. The lowest BCUT2D eigenvalue weighted by atomic mass is 10.4. The molecule has 0 unspecified atom stereocenters. The first-order chi connectivity index (χ1) is 5.28. The minimum Gasteiger partial charge on any atom is -0.390 e. The summed E-state index contributed by atoms with van der Waals surface area (Å²) in [6.07, 6.45) is 3.56. The largest absolute Gasteiger partial charge is 0.390 e. The Labute approximate surface area is 65.8 Å². The molecule has 3 heteroatoms. The number of nitrogens with zero attached hydrogens (tertiary/aromatic N) is 1. The molecule has 0 aromatic rings. The van der Waals surface area contributed by atoms with E-state index < -0.39 is 0 Å². The van der Waals surface area contributed by atoms with Gasteiger partial charge in [0.1, 0.15) is 5.71 Å². The van der Waals surface area contributed by atoms with Gasteiger partial charge in [0, 0.05) is 0 Å². The number of aliphatic imine (C=N–C) groups is 1. The Morgan fingerprint density at radius 1 is 1.73 bits per heavy atom. The van der Waals surface area contributed by atoms with Crippen LogP contribution in [-0.2, 0) is 4.79 Å². The Morgan fingerprint density at radius 2 is 2.36 bits per heavy atom. The average molecular weight is 153 g/mol. The lowest BCUT2D eigenvalue weighted by Crippen LogP contribution is -1.97. The second kappa shape index (κ2) is 5.56. The number of carbonyl (C=O) groups excluding carboxylic acids is 1. The molecule has 1 N–H and O–H groups in total. The zero-order chi connectivity index (χ0) is 8.69. The number of carbonyl (C=O) groups is 1. The number of hydrogen-bond acceptors (Lipinski definition) is 3. The Morgan fingerprint density at radius 3 is 2.64 bits per heavy atom. The lowest BCUT2D eigenvalue weighted by molar-refractivity contribution is -0.102. The molecule has 11 heavy (non-hydrogen) atoms. The van der Waals surface area contributed by atoms with Crippen LogP contribution in [0.3, 0.4) is 0 Å². The first-order valence-electron chi connectivity index (χ1n) is 3.20. The number of aliphatic hydroxyl groups is 1. The van der Waals surface area contributed by atoms with Gasteiger partial charge in [-0.3, -0.25) is 4.79 Å². The smallest absolute Gasteiger partial charge is 0.168 e. The molecule has 0 bridgehead atoms. The van der Waals surface area contributed by atoms with E-state index >= 15 is 0 Å². The number of rotatable bonds is 4. The molecule has 0 spiro atoms. The second-order valence-corrected chi connectivity index (χ2v) is 1.80. The van der Waals surface area contributed by atoms with Gasteiger partial charge in [0.15, 0.2) is 6.29 Å². The minimum absolute atomic E-state index is 0.165. The zero-order valence-corrected chi connectivity index (χ0v) is 6.45. The number of hydrogen-bond donors (Lipinski definition) is 1. The molecule has 60 valence electrons. The fourth-order valence-electron chi connectivity index (χ4n) is 0.477. The Hall–Kier alpha value is -1.22. The van der Waals surface area contributed by atoms with Crippen molar-refractivity contribution in [2.45, 2.75) is 6.92 Å². The van der Waals surface area contributed by atoms with Crippen molar-refractivity contribution in [3.05, 3.63) is 24.4 Å². The van der Waals surface area contributed by atoms with Crippen LogP contribution in [0.5, 0.6) is 0 Å². The van der Waals surface area contributed by atoms with Crippen molar-refractivity contribution in [1.29, 1.82) is 0 Å². The molecule has 0 aromatic heterocycles. The Balaban J connectivity index is 4.47. The summed E-state index contributed by atoms with van der Waals surface area (Å²) in [7, 11) is 0. The molecule has 0 heterocycles. The Bertz CT molecular complexity index is 194. The zero-order valence-electron chi connectivity index (χ0n) is 6.45. The van der Waals surface area contributed by atoms with Crippen LogP contribution >= 0.6 is 0 Å². The highest BCUT2D eigenvalue weighted by atomic mass is 16.3. The van der Waals surface area contributed by atoms with Crippen molar-refractivity contribution in [3.8, 4) is 0 Å². The third kappa shape index (κ3) is 3.47. The predicted octanol–water partition coefficient (Wildman–Crippen LogP) is 0.708. The van der Waals surface area contributed by atoms with Crippen LogP contribution < -0.4 is 0 Å². The van der Waals surface area contributed by atoms with Crippen molar-refractivity contribution >= 4 is 12.0 Å². The van der Waals surface area contributed by atoms with Crippen LogP contribution in [0.2, 0.25) is 0 Å². The topological polar surface area (TPSA) is 49.7 Å². The molecule has 0 aliphatic heterocycles. The summed E-state index contributed by atoms with van der Waals surface area (Å²) < 4.78 is 0. The monoisotopic (exact) mass is 153 g/mol. The normalized spacial score (nSPS) is 12.9. The predicted molar refractivity (Wildman–Crippen MR) is 44.5 cm³/mol. The molecule has 0 aliphatic carbocycles. The summed E-state index contributed by atoms with van der Waals surface area (Å²) in [6, 6.07) is 0. The third-order valence-electron chi connectivity index (χ3n) is 1.10. The molecule has 0 saturated heterocycles.